The molecule has 0 radical (unpaired) electrons. The number of aromatic nitrogens is 1. The normalized spacial score (nSPS) is 24.1. The molecule has 4 nitrogen and oxygen atoms in total. The van der Waals surface area contributed by atoms with Crippen molar-refractivity contribution in [3.8, 4) is 0 Å². The molecule has 3 heterocycles. The van der Waals surface area contributed by atoms with E-state index in [4.69, 9.17) is 0 Å². The molecule has 2 aliphatic rings. The van der Waals surface area contributed by atoms with E-state index in [9.17, 15) is 4.79 Å². The number of nitrogens with zero attached hydrogens (tertiary/aromatic N) is 2. The zero-order valence-electron chi connectivity index (χ0n) is 14.4. The third kappa shape index (κ3) is 2.84. The van der Waals surface area contributed by atoms with Crippen molar-refractivity contribution in [2.24, 2.45) is 0 Å². The maximum Gasteiger partial charge on any atom is 0.228 e. The van der Waals surface area contributed by atoms with Crippen LogP contribution >= 0.6 is 11.8 Å². The lowest BCUT2D eigenvalue weighted by Crippen LogP contribution is -2.44. The van der Waals surface area contributed by atoms with Gasteiger partial charge in [-0.3, -0.25) is 4.79 Å². The van der Waals surface area contributed by atoms with Gasteiger partial charge in [0.15, 0.2) is 0 Å². The van der Waals surface area contributed by atoms with Gasteiger partial charge in [0.25, 0.3) is 0 Å². The average Bonchev–Trinajstić information content (AvgIpc) is 3.13. The smallest absolute Gasteiger partial charge is 0.228 e. The van der Waals surface area contributed by atoms with E-state index < -0.39 is 0 Å². The number of thioether (sulfide) groups is 1. The molecule has 0 aliphatic carbocycles. The van der Waals surface area contributed by atoms with Crippen molar-refractivity contribution in [3.63, 3.8) is 0 Å². The van der Waals surface area contributed by atoms with Crippen LogP contribution in [0.15, 0.2) is 30.5 Å². The number of fused-ring (bicyclic) bond motifs is 1. The van der Waals surface area contributed by atoms with E-state index >= 15 is 0 Å². The minimum absolute atomic E-state index is 0.260. The lowest BCUT2D eigenvalue weighted by molar-refractivity contribution is -0.130. The van der Waals surface area contributed by atoms with Crippen molar-refractivity contribution in [1.82, 2.24) is 14.8 Å². The first-order valence-electron chi connectivity index (χ1n) is 8.77. The van der Waals surface area contributed by atoms with Crippen LogP contribution in [0, 0.1) is 0 Å². The molecule has 2 saturated heterocycles. The van der Waals surface area contributed by atoms with Gasteiger partial charge >= 0.3 is 0 Å². The van der Waals surface area contributed by atoms with Crippen LogP contribution in [-0.2, 0) is 11.2 Å². The Labute approximate surface area is 147 Å². The number of amides is 1. The fourth-order valence-corrected chi connectivity index (χ4v) is 5.71. The van der Waals surface area contributed by atoms with Crippen LogP contribution in [-0.4, -0.2) is 57.5 Å². The standard InChI is InChI=1S/C19H25N3OS/c1-14-22(13-19(24-14)7-9-21(2)10-8-19)18(23)11-15-12-20-17-6-4-3-5-16(15)17/h3-6,12,14,20H,7-11,13H2,1-2H3. The first-order chi connectivity index (χ1) is 11.6. The fourth-order valence-electron chi connectivity index (χ4n) is 4.04. The molecular formula is C19H25N3OS. The van der Waals surface area contributed by atoms with Crippen molar-refractivity contribution in [2.75, 3.05) is 26.7 Å². The van der Waals surface area contributed by atoms with Crippen LogP contribution in [0.5, 0.6) is 0 Å². The Morgan fingerprint density at radius 3 is 2.88 bits per heavy atom. The van der Waals surface area contributed by atoms with Crippen molar-refractivity contribution in [3.05, 3.63) is 36.0 Å². The number of benzene rings is 1. The maximum atomic E-state index is 12.9. The largest absolute Gasteiger partial charge is 0.361 e. The van der Waals surface area contributed by atoms with Gasteiger partial charge in [-0.1, -0.05) is 18.2 Å². The monoisotopic (exact) mass is 343 g/mol. The summed E-state index contributed by atoms with van der Waals surface area (Å²) in [5.41, 5.74) is 2.22. The molecule has 1 unspecified atom stereocenters. The lowest BCUT2D eigenvalue weighted by atomic mass is 9.95. The summed E-state index contributed by atoms with van der Waals surface area (Å²) >= 11 is 2.01. The van der Waals surface area contributed by atoms with Crippen molar-refractivity contribution in [1.29, 1.82) is 0 Å². The molecule has 24 heavy (non-hydrogen) atoms. The topological polar surface area (TPSA) is 39.3 Å². The number of nitrogens with one attached hydrogen (secondary N) is 1. The molecule has 4 rings (SSSR count). The first kappa shape index (κ1) is 16.0. The number of carbonyl (C=O) groups excluding carboxylic acids is 1. The van der Waals surface area contributed by atoms with Gasteiger partial charge < -0.3 is 14.8 Å². The minimum Gasteiger partial charge on any atom is -0.361 e. The van der Waals surface area contributed by atoms with Crippen LogP contribution in [0.4, 0.5) is 0 Å². The lowest BCUT2D eigenvalue weighted by Gasteiger charge is -2.36. The molecule has 1 spiro atoms. The summed E-state index contributed by atoms with van der Waals surface area (Å²) in [6.07, 6.45) is 4.86. The van der Waals surface area contributed by atoms with E-state index in [1.54, 1.807) is 0 Å². The van der Waals surface area contributed by atoms with Gasteiger partial charge in [-0.15, -0.1) is 11.8 Å². The van der Waals surface area contributed by atoms with Gasteiger partial charge in [-0.25, -0.2) is 0 Å². The molecule has 0 bridgehead atoms. The van der Waals surface area contributed by atoms with Gasteiger partial charge in [-0.05, 0) is 51.5 Å². The second-order valence-corrected chi connectivity index (χ2v) is 9.05. The highest BCUT2D eigenvalue weighted by Gasteiger charge is 2.45. The summed E-state index contributed by atoms with van der Waals surface area (Å²) < 4.78 is 0.280. The Bertz CT molecular complexity index is 748. The third-order valence-electron chi connectivity index (χ3n) is 5.55. The summed E-state index contributed by atoms with van der Waals surface area (Å²) in [5, 5.41) is 1.45. The highest BCUT2D eigenvalue weighted by Crippen LogP contribution is 2.46. The van der Waals surface area contributed by atoms with Gasteiger partial charge in [-0.2, -0.15) is 0 Å². The van der Waals surface area contributed by atoms with Gasteiger partial charge in [0.1, 0.15) is 0 Å². The SMILES string of the molecule is CC1SC2(CCN(C)CC2)CN1C(=O)Cc1c[nH]c2ccccc12. The molecule has 1 amide bonds. The van der Waals surface area contributed by atoms with Gasteiger partial charge in [0.05, 0.1) is 11.8 Å². The van der Waals surface area contributed by atoms with Gasteiger partial charge in [0.2, 0.25) is 5.91 Å². The maximum absolute atomic E-state index is 12.9. The van der Waals surface area contributed by atoms with Crippen LogP contribution < -0.4 is 0 Å². The summed E-state index contributed by atoms with van der Waals surface area (Å²) in [6.45, 7) is 5.38. The van der Waals surface area contributed by atoms with E-state index in [1.165, 1.54) is 18.2 Å². The van der Waals surface area contributed by atoms with E-state index in [0.717, 1.165) is 30.7 Å². The first-order valence-corrected chi connectivity index (χ1v) is 9.65. The number of hydrogen-bond donors (Lipinski definition) is 1. The number of rotatable bonds is 2. The van der Waals surface area contributed by atoms with Crippen LogP contribution in [0.2, 0.25) is 0 Å². The second-order valence-electron chi connectivity index (χ2n) is 7.26. The Balaban J connectivity index is 1.48. The summed E-state index contributed by atoms with van der Waals surface area (Å²) in [6, 6.07) is 8.21. The number of para-hydroxylation sites is 1. The molecule has 0 saturated carbocycles. The van der Waals surface area contributed by atoms with Gasteiger partial charge in [0, 0.05) is 28.4 Å². The number of hydrogen-bond acceptors (Lipinski definition) is 3. The molecule has 2 aliphatic heterocycles. The minimum atomic E-state index is 0.260. The predicted molar refractivity (Wildman–Crippen MR) is 100 cm³/mol. The molecule has 2 aromatic rings. The molecule has 1 atom stereocenters. The molecule has 5 heteroatoms. The van der Waals surface area contributed by atoms with Crippen LogP contribution in [0.3, 0.4) is 0 Å². The molecule has 128 valence electrons. The summed E-state index contributed by atoms with van der Waals surface area (Å²) in [5.74, 6) is 0.260. The zero-order valence-corrected chi connectivity index (χ0v) is 15.2. The second kappa shape index (κ2) is 6.12. The number of aromatic amines is 1. The zero-order chi connectivity index (χ0) is 16.7. The van der Waals surface area contributed by atoms with Crippen molar-refractivity contribution >= 4 is 28.6 Å². The fraction of sp³-hybridized carbons (Fsp3) is 0.526. The average molecular weight is 343 g/mol. The van der Waals surface area contributed by atoms with Crippen LogP contribution in [0.1, 0.15) is 25.3 Å². The highest BCUT2D eigenvalue weighted by atomic mass is 32.2. The number of likely N-dealkylation sites (tertiary alicyclic amines) is 1. The molecule has 2 fully saturated rings. The van der Waals surface area contributed by atoms with E-state index in [-0.39, 0.29) is 16.0 Å². The summed E-state index contributed by atoms with van der Waals surface area (Å²) in [7, 11) is 2.19. The number of H-pyrrole nitrogens is 1. The summed E-state index contributed by atoms with van der Waals surface area (Å²) in [4.78, 5) is 20.7. The quantitative estimate of drug-likeness (QED) is 0.911. The van der Waals surface area contributed by atoms with E-state index in [1.807, 2.05) is 30.1 Å². The van der Waals surface area contributed by atoms with Crippen LogP contribution in [0.25, 0.3) is 10.9 Å². The Morgan fingerprint density at radius 2 is 2.08 bits per heavy atom. The Morgan fingerprint density at radius 1 is 1.33 bits per heavy atom. The molecule has 1 aromatic carbocycles. The molecular weight excluding hydrogens is 318 g/mol. The Hall–Kier alpha value is -1.46. The molecule has 1 N–H and O–H groups in total. The Kier molecular flexibility index (Phi) is 4.09. The van der Waals surface area contributed by atoms with Crippen molar-refractivity contribution < 1.29 is 4.79 Å². The number of carbonyl (C=O) groups is 1. The van der Waals surface area contributed by atoms with E-state index in [0.29, 0.717) is 6.42 Å². The van der Waals surface area contributed by atoms with Crippen molar-refractivity contribution in [2.45, 2.75) is 36.3 Å². The number of piperidine rings is 1. The van der Waals surface area contributed by atoms with E-state index in [2.05, 4.69) is 40.9 Å². The molecule has 1 aromatic heterocycles. The predicted octanol–water partition coefficient (Wildman–Crippen LogP) is 3.10. The highest BCUT2D eigenvalue weighted by molar-refractivity contribution is 8.01. The third-order valence-corrected chi connectivity index (χ3v) is 7.19.